The first-order valence-corrected chi connectivity index (χ1v) is 7.97. The van der Waals surface area contributed by atoms with E-state index in [2.05, 4.69) is 15.4 Å². The zero-order chi connectivity index (χ0) is 15.2. The number of nitrogens with zero attached hydrogens (tertiary/aromatic N) is 3. The summed E-state index contributed by atoms with van der Waals surface area (Å²) in [5.41, 5.74) is 8.08. The lowest BCUT2D eigenvalue weighted by Crippen LogP contribution is -2.41. The smallest absolute Gasteiger partial charge is 0.189 e. The van der Waals surface area contributed by atoms with Crippen LogP contribution in [0, 0.1) is 0 Å². The van der Waals surface area contributed by atoms with Crippen LogP contribution < -0.4 is 11.1 Å². The highest BCUT2D eigenvalue weighted by Gasteiger charge is 2.13. The van der Waals surface area contributed by atoms with E-state index in [1.165, 1.54) is 32.1 Å². The first kappa shape index (κ1) is 14.6. The van der Waals surface area contributed by atoms with Crippen LogP contribution in [0.4, 0.5) is 0 Å². The van der Waals surface area contributed by atoms with E-state index in [0.717, 1.165) is 11.3 Å². The van der Waals surface area contributed by atoms with Crippen LogP contribution in [0.3, 0.4) is 0 Å². The number of rotatable bonds is 4. The van der Waals surface area contributed by atoms with Crippen LogP contribution in [-0.2, 0) is 6.54 Å². The van der Waals surface area contributed by atoms with Crippen LogP contribution in [0.2, 0.25) is 0 Å². The highest BCUT2D eigenvalue weighted by atomic mass is 15.3. The third-order valence-corrected chi connectivity index (χ3v) is 4.05. The van der Waals surface area contributed by atoms with E-state index in [1.807, 2.05) is 47.4 Å². The second-order valence-corrected chi connectivity index (χ2v) is 5.81. The van der Waals surface area contributed by atoms with Gasteiger partial charge in [-0.25, -0.2) is 9.67 Å². The van der Waals surface area contributed by atoms with Gasteiger partial charge < -0.3 is 11.1 Å². The lowest BCUT2D eigenvalue weighted by atomic mass is 9.96. The molecule has 0 spiro atoms. The van der Waals surface area contributed by atoms with Crippen molar-refractivity contribution in [2.45, 2.75) is 44.7 Å². The van der Waals surface area contributed by atoms with Gasteiger partial charge in [0.1, 0.15) is 0 Å². The molecule has 22 heavy (non-hydrogen) atoms. The molecule has 1 aromatic carbocycles. The maximum Gasteiger partial charge on any atom is 0.189 e. The number of aromatic nitrogens is 2. The average molecular weight is 297 g/mol. The number of hydrogen-bond acceptors (Lipinski definition) is 2. The molecule has 1 aromatic heterocycles. The van der Waals surface area contributed by atoms with Gasteiger partial charge >= 0.3 is 0 Å². The van der Waals surface area contributed by atoms with Crippen molar-refractivity contribution in [2.24, 2.45) is 10.7 Å². The fraction of sp³-hybridized carbons (Fsp3) is 0.412. The van der Waals surface area contributed by atoms with E-state index in [1.54, 1.807) is 0 Å². The second-order valence-electron chi connectivity index (χ2n) is 5.81. The number of para-hydroxylation sites is 1. The molecule has 0 aliphatic heterocycles. The van der Waals surface area contributed by atoms with Crippen molar-refractivity contribution in [1.29, 1.82) is 0 Å². The van der Waals surface area contributed by atoms with Crippen molar-refractivity contribution in [1.82, 2.24) is 15.1 Å². The van der Waals surface area contributed by atoms with Gasteiger partial charge in [-0.05, 0) is 25.0 Å². The van der Waals surface area contributed by atoms with Crippen LogP contribution >= 0.6 is 0 Å². The van der Waals surface area contributed by atoms with Gasteiger partial charge in [0.15, 0.2) is 5.96 Å². The van der Waals surface area contributed by atoms with Crippen molar-refractivity contribution >= 4 is 5.96 Å². The minimum Gasteiger partial charge on any atom is -0.370 e. The topological polar surface area (TPSA) is 68.2 Å². The number of hydrogen-bond donors (Lipinski definition) is 2. The van der Waals surface area contributed by atoms with Gasteiger partial charge in [-0.3, -0.25) is 0 Å². The van der Waals surface area contributed by atoms with Gasteiger partial charge in [-0.15, -0.1) is 0 Å². The summed E-state index contributed by atoms with van der Waals surface area (Å²) in [5, 5.41) is 7.69. The summed E-state index contributed by atoms with van der Waals surface area (Å²) in [5.74, 6) is 0.541. The zero-order valence-corrected chi connectivity index (χ0v) is 12.8. The number of aliphatic imine (C=N–C) groups is 1. The van der Waals surface area contributed by atoms with E-state index >= 15 is 0 Å². The highest BCUT2D eigenvalue weighted by molar-refractivity contribution is 5.78. The lowest BCUT2D eigenvalue weighted by Gasteiger charge is -2.23. The first-order chi connectivity index (χ1) is 10.8. The van der Waals surface area contributed by atoms with E-state index in [0.29, 0.717) is 18.5 Å². The molecule has 5 nitrogen and oxygen atoms in total. The Morgan fingerprint density at radius 1 is 1.23 bits per heavy atom. The summed E-state index contributed by atoms with van der Waals surface area (Å²) >= 11 is 0. The lowest BCUT2D eigenvalue weighted by molar-refractivity contribution is 0.412. The van der Waals surface area contributed by atoms with Crippen LogP contribution in [0.25, 0.3) is 5.69 Å². The predicted molar refractivity (Wildman–Crippen MR) is 88.9 cm³/mol. The Kier molecular flexibility index (Phi) is 4.73. The summed E-state index contributed by atoms with van der Waals surface area (Å²) < 4.78 is 1.86. The molecular formula is C17H23N5. The first-order valence-electron chi connectivity index (χ1n) is 7.97. The predicted octanol–water partition coefficient (Wildman–Crippen LogP) is 2.61. The van der Waals surface area contributed by atoms with Crippen molar-refractivity contribution in [3.05, 3.63) is 48.3 Å². The fourth-order valence-electron chi connectivity index (χ4n) is 2.84. The molecule has 1 saturated carbocycles. The summed E-state index contributed by atoms with van der Waals surface area (Å²) in [7, 11) is 0. The molecule has 1 aliphatic rings. The van der Waals surface area contributed by atoms with E-state index in [9.17, 15) is 0 Å². The van der Waals surface area contributed by atoms with Gasteiger partial charge in [-0.1, -0.05) is 37.5 Å². The highest BCUT2D eigenvalue weighted by Crippen LogP contribution is 2.17. The van der Waals surface area contributed by atoms with Crippen LogP contribution in [0.1, 0.15) is 37.7 Å². The molecule has 3 N–H and O–H groups in total. The Morgan fingerprint density at radius 3 is 2.77 bits per heavy atom. The van der Waals surface area contributed by atoms with Gasteiger partial charge in [0, 0.05) is 17.8 Å². The largest absolute Gasteiger partial charge is 0.370 e. The Labute approximate surface area is 131 Å². The Balaban J connectivity index is 1.57. The average Bonchev–Trinajstić information content (AvgIpc) is 3.04. The summed E-state index contributed by atoms with van der Waals surface area (Å²) in [6, 6.07) is 10.5. The molecule has 116 valence electrons. The standard InChI is InChI=1S/C17H23N5/c18-17(21-15-7-3-1-4-8-15)19-11-14-12-20-22(13-14)16-9-5-2-6-10-16/h2,5-6,9-10,12-13,15H,1,3-4,7-8,11H2,(H3,18,19,21). The number of nitrogens with two attached hydrogens (primary N) is 1. The summed E-state index contributed by atoms with van der Waals surface area (Å²) in [6.45, 7) is 0.554. The monoisotopic (exact) mass is 297 g/mol. The molecule has 3 rings (SSSR count). The number of benzene rings is 1. The molecular weight excluding hydrogens is 274 g/mol. The van der Waals surface area contributed by atoms with Gasteiger partial charge in [0.05, 0.1) is 18.4 Å². The summed E-state index contributed by atoms with van der Waals surface area (Å²) in [4.78, 5) is 4.43. The molecule has 0 amide bonds. The maximum atomic E-state index is 5.98. The fourth-order valence-corrected chi connectivity index (χ4v) is 2.84. The zero-order valence-electron chi connectivity index (χ0n) is 12.8. The normalized spacial score (nSPS) is 16.6. The van der Waals surface area contributed by atoms with Gasteiger partial charge in [-0.2, -0.15) is 5.10 Å². The van der Waals surface area contributed by atoms with Gasteiger partial charge in [0.2, 0.25) is 0 Å². The van der Waals surface area contributed by atoms with Gasteiger partial charge in [0.25, 0.3) is 0 Å². The van der Waals surface area contributed by atoms with Crippen molar-refractivity contribution in [3.63, 3.8) is 0 Å². The number of nitrogens with one attached hydrogen (secondary N) is 1. The van der Waals surface area contributed by atoms with E-state index in [4.69, 9.17) is 5.73 Å². The minimum absolute atomic E-state index is 0.490. The molecule has 0 bridgehead atoms. The van der Waals surface area contributed by atoms with Crippen molar-refractivity contribution in [2.75, 3.05) is 0 Å². The molecule has 0 radical (unpaired) electrons. The third-order valence-electron chi connectivity index (χ3n) is 4.05. The minimum atomic E-state index is 0.490. The molecule has 1 fully saturated rings. The Hall–Kier alpha value is -2.30. The van der Waals surface area contributed by atoms with E-state index in [-0.39, 0.29) is 0 Å². The van der Waals surface area contributed by atoms with Crippen LogP contribution in [0.5, 0.6) is 0 Å². The Morgan fingerprint density at radius 2 is 2.00 bits per heavy atom. The Bertz CT molecular complexity index is 611. The number of guanidine groups is 1. The maximum absolute atomic E-state index is 5.98. The molecule has 5 heteroatoms. The molecule has 1 aliphatic carbocycles. The SMILES string of the molecule is NC(=NCc1cnn(-c2ccccc2)c1)NC1CCCCC1. The van der Waals surface area contributed by atoms with E-state index < -0.39 is 0 Å². The molecule has 0 unspecified atom stereocenters. The third kappa shape index (κ3) is 3.87. The quantitative estimate of drug-likeness (QED) is 0.673. The van der Waals surface area contributed by atoms with Crippen LogP contribution in [-0.4, -0.2) is 21.8 Å². The second kappa shape index (κ2) is 7.11. The molecule has 0 atom stereocenters. The molecule has 2 aromatic rings. The summed E-state index contributed by atoms with van der Waals surface area (Å²) in [6.07, 6.45) is 10.1. The van der Waals surface area contributed by atoms with Crippen molar-refractivity contribution < 1.29 is 0 Å². The van der Waals surface area contributed by atoms with Crippen LogP contribution in [0.15, 0.2) is 47.7 Å². The molecule has 0 saturated heterocycles. The molecule has 1 heterocycles. The van der Waals surface area contributed by atoms with Crippen molar-refractivity contribution in [3.8, 4) is 5.69 Å².